The molecule has 1 aromatic heterocycles. The summed E-state index contributed by atoms with van der Waals surface area (Å²) in [5, 5.41) is 7.63. The van der Waals surface area contributed by atoms with Crippen molar-refractivity contribution in [1.82, 2.24) is 15.1 Å². The van der Waals surface area contributed by atoms with Crippen LogP contribution < -0.4 is 5.32 Å². The van der Waals surface area contributed by atoms with Gasteiger partial charge in [0, 0.05) is 30.9 Å². The number of hydrogen-bond donors (Lipinski definition) is 1. The molecule has 0 fully saturated rings. The van der Waals surface area contributed by atoms with E-state index in [4.69, 9.17) is 4.74 Å². The van der Waals surface area contributed by atoms with E-state index in [-0.39, 0.29) is 0 Å². The van der Waals surface area contributed by atoms with E-state index in [0.717, 1.165) is 33.4 Å². The standard InChI is InChI=1S/C13H15BrIN3O/c1-19-5-4-16-7-10-2-3-13(12(14)6-10)18-9-11(15)8-17-18/h2-3,6,8-9,16H,4-5,7H2,1H3. The number of nitrogens with zero attached hydrogens (tertiary/aromatic N) is 2. The molecular weight excluding hydrogens is 421 g/mol. The van der Waals surface area contributed by atoms with Gasteiger partial charge in [0.15, 0.2) is 0 Å². The Bertz CT molecular complexity index is 544. The number of benzene rings is 1. The van der Waals surface area contributed by atoms with E-state index in [1.165, 1.54) is 5.56 Å². The molecule has 0 bridgehead atoms. The van der Waals surface area contributed by atoms with Gasteiger partial charge in [0.1, 0.15) is 0 Å². The number of nitrogens with one attached hydrogen (secondary N) is 1. The SMILES string of the molecule is COCCNCc1ccc(-n2cc(I)cn2)c(Br)c1. The van der Waals surface area contributed by atoms with Gasteiger partial charge in [0.2, 0.25) is 0 Å². The van der Waals surface area contributed by atoms with Crippen molar-refractivity contribution in [3.63, 3.8) is 0 Å². The van der Waals surface area contributed by atoms with E-state index in [1.807, 2.05) is 17.1 Å². The van der Waals surface area contributed by atoms with Gasteiger partial charge in [0.25, 0.3) is 0 Å². The quantitative estimate of drug-likeness (QED) is 0.560. The summed E-state index contributed by atoms with van der Waals surface area (Å²) < 4.78 is 9.03. The first-order valence-electron chi connectivity index (χ1n) is 5.89. The Balaban J connectivity index is 2.05. The Morgan fingerprint density at radius 1 is 1.47 bits per heavy atom. The fraction of sp³-hybridized carbons (Fsp3) is 0.308. The molecule has 2 aromatic rings. The minimum Gasteiger partial charge on any atom is -0.383 e. The number of aromatic nitrogens is 2. The predicted molar refractivity (Wildman–Crippen MR) is 87.6 cm³/mol. The molecule has 1 N–H and O–H groups in total. The summed E-state index contributed by atoms with van der Waals surface area (Å²) in [7, 11) is 1.71. The van der Waals surface area contributed by atoms with Gasteiger partial charge in [-0.3, -0.25) is 0 Å². The van der Waals surface area contributed by atoms with E-state index >= 15 is 0 Å². The van der Waals surface area contributed by atoms with Crippen LogP contribution in [0.15, 0.2) is 35.1 Å². The van der Waals surface area contributed by atoms with Crippen LogP contribution in [0.4, 0.5) is 0 Å². The summed E-state index contributed by atoms with van der Waals surface area (Å²) in [6, 6.07) is 6.29. The number of methoxy groups -OCH3 is 1. The van der Waals surface area contributed by atoms with Gasteiger partial charge < -0.3 is 10.1 Å². The second kappa shape index (κ2) is 7.37. The zero-order valence-corrected chi connectivity index (χ0v) is 14.3. The fourth-order valence-corrected chi connectivity index (χ4v) is 2.68. The van der Waals surface area contributed by atoms with E-state index in [2.05, 4.69) is 67.1 Å². The van der Waals surface area contributed by atoms with Crippen molar-refractivity contribution in [3.05, 3.63) is 44.2 Å². The number of rotatable bonds is 6. The normalized spacial score (nSPS) is 10.9. The topological polar surface area (TPSA) is 39.1 Å². The van der Waals surface area contributed by atoms with Gasteiger partial charge >= 0.3 is 0 Å². The third kappa shape index (κ3) is 4.27. The molecule has 0 aliphatic carbocycles. The molecule has 0 atom stereocenters. The van der Waals surface area contributed by atoms with Crippen LogP contribution in [-0.4, -0.2) is 30.0 Å². The molecule has 19 heavy (non-hydrogen) atoms. The van der Waals surface area contributed by atoms with Gasteiger partial charge in [-0.2, -0.15) is 5.10 Å². The van der Waals surface area contributed by atoms with Crippen LogP contribution in [0.2, 0.25) is 0 Å². The molecule has 0 aliphatic heterocycles. The maximum Gasteiger partial charge on any atom is 0.0788 e. The molecule has 0 radical (unpaired) electrons. The highest BCUT2D eigenvalue weighted by Gasteiger charge is 2.05. The largest absolute Gasteiger partial charge is 0.383 e. The molecule has 102 valence electrons. The zero-order chi connectivity index (χ0) is 13.7. The van der Waals surface area contributed by atoms with E-state index in [0.29, 0.717) is 0 Å². The molecule has 1 heterocycles. The second-order valence-electron chi connectivity index (χ2n) is 4.06. The summed E-state index contributed by atoms with van der Waals surface area (Å²) in [5.74, 6) is 0. The van der Waals surface area contributed by atoms with Crippen LogP contribution in [0.1, 0.15) is 5.56 Å². The lowest BCUT2D eigenvalue weighted by Gasteiger charge is -2.08. The van der Waals surface area contributed by atoms with Crippen LogP contribution in [0.5, 0.6) is 0 Å². The molecule has 0 saturated carbocycles. The van der Waals surface area contributed by atoms with Crippen LogP contribution in [0.25, 0.3) is 5.69 Å². The van der Waals surface area contributed by atoms with E-state index in [1.54, 1.807) is 7.11 Å². The monoisotopic (exact) mass is 435 g/mol. The number of hydrogen-bond acceptors (Lipinski definition) is 3. The molecule has 6 heteroatoms. The predicted octanol–water partition coefficient (Wildman–Crippen LogP) is 2.98. The fourth-order valence-electron chi connectivity index (χ4n) is 1.69. The molecule has 2 rings (SSSR count). The number of ether oxygens (including phenoxy) is 1. The summed E-state index contributed by atoms with van der Waals surface area (Å²) >= 11 is 5.85. The summed E-state index contributed by atoms with van der Waals surface area (Å²) in [5.41, 5.74) is 2.28. The average molecular weight is 436 g/mol. The minimum atomic E-state index is 0.727. The Morgan fingerprint density at radius 2 is 2.32 bits per heavy atom. The Morgan fingerprint density at radius 3 is 2.95 bits per heavy atom. The van der Waals surface area contributed by atoms with Crippen LogP contribution in [-0.2, 0) is 11.3 Å². The van der Waals surface area contributed by atoms with Gasteiger partial charge in [-0.1, -0.05) is 6.07 Å². The van der Waals surface area contributed by atoms with E-state index < -0.39 is 0 Å². The van der Waals surface area contributed by atoms with Crippen molar-refractivity contribution in [1.29, 1.82) is 0 Å². The molecule has 0 saturated heterocycles. The lowest BCUT2D eigenvalue weighted by Crippen LogP contribution is -2.18. The maximum absolute atomic E-state index is 5.00. The third-order valence-corrected chi connectivity index (χ3v) is 3.81. The lowest BCUT2D eigenvalue weighted by atomic mass is 10.2. The number of halogens is 2. The highest BCUT2D eigenvalue weighted by atomic mass is 127. The summed E-state index contributed by atoms with van der Waals surface area (Å²) in [4.78, 5) is 0. The smallest absolute Gasteiger partial charge is 0.0788 e. The molecule has 0 amide bonds. The molecule has 0 spiro atoms. The molecule has 4 nitrogen and oxygen atoms in total. The van der Waals surface area contributed by atoms with Crippen LogP contribution >= 0.6 is 38.5 Å². The zero-order valence-electron chi connectivity index (χ0n) is 10.6. The third-order valence-electron chi connectivity index (χ3n) is 2.62. The van der Waals surface area contributed by atoms with Crippen molar-refractivity contribution in [2.75, 3.05) is 20.3 Å². The van der Waals surface area contributed by atoms with Crippen molar-refractivity contribution in [2.24, 2.45) is 0 Å². The van der Waals surface area contributed by atoms with Crippen molar-refractivity contribution < 1.29 is 4.74 Å². The minimum absolute atomic E-state index is 0.727. The van der Waals surface area contributed by atoms with Crippen molar-refractivity contribution >= 4 is 38.5 Å². The Hall–Kier alpha value is -0.440. The summed E-state index contributed by atoms with van der Waals surface area (Å²) in [6.07, 6.45) is 3.84. The second-order valence-corrected chi connectivity index (χ2v) is 6.16. The van der Waals surface area contributed by atoms with Gasteiger partial charge in [-0.25, -0.2) is 4.68 Å². The van der Waals surface area contributed by atoms with E-state index in [9.17, 15) is 0 Å². The van der Waals surface area contributed by atoms with Crippen LogP contribution in [0, 0.1) is 3.57 Å². The van der Waals surface area contributed by atoms with Gasteiger partial charge in [-0.15, -0.1) is 0 Å². The molecular formula is C13H15BrIN3O. The van der Waals surface area contributed by atoms with Crippen molar-refractivity contribution in [2.45, 2.75) is 6.54 Å². The van der Waals surface area contributed by atoms with Crippen LogP contribution in [0.3, 0.4) is 0 Å². The first kappa shape index (κ1) is 15.0. The molecule has 1 aromatic carbocycles. The Labute approximate surface area is 134 Å². The maximum atomic E-state index is 5.00. The molecule has 0 aliphatic rings. The average Bonchev–Trinajstić information content (AvgIpc) is 2.81. The van der Waals surface area contributed by atoms with Gasteiger partial charge in [0.05, 0.1) is 22.1 Å². The highest BCUT2D eigenvalue weighted by molar-refractivity contribution is 14.1. The van der Waals surface area contributed by atoms with Crippen molar-refractivity contribution in [3.8, 4) is 5.69 Å². The first-order valence-corrected chi connectivity index (χ1v) is 7.76. The Kier molecular flexibility index (Phi) is 5.80. The van der Waals surface area contributed by atoms with Gasteiger partial charge in [-0.05, 0) is 56.2 Å². The highest BCUT2D eigenvalue weighted by Crippen LogP contribution is 2.22. The first-order chi connectivity index (χ1) is 9.20. The summed E-state index contributed by atoms with van der Waals surface area (Å²) in [6.45, 7) is 2.41. The lowest BCUT2D eigenvalue weighted by molar-refractivity contribution is 0.199. The molecule has 0 unspecified atom stereocenters.